The predicted molar refractivity (Wildman–Crippen MR) is 157 cm³/mol. The van der Waals surface area contributed by atoms with Crippen LogP contribution in [0.5, 0.6) is 0 Å². The van der Waals surface area contributed by atoms with Gasteiger partial charge in [0, 0.05) is 31.5 Å². The highest BCUT2D eigenvalue weighted by Gasteiger charge is 2.09. The van der Waals surface area contributed by atoms with Crippen LogP contribution in [0.1, 0.15) is 0 Å². The maximum absolute atomic E-state index is 3.60. The van der Waals surface area contributed by atoms with Crippen LogP contribution < -0.4 is 5.32 Å². The van der Waals surface area contributed by atoms with Crippen molar-refractivity contribution < 1.29 is 0 Å². The molecule has 0 unspecified atom stereocenters. The van der Waals surface area contributed by atoms with Crippen LogP contribution in [0.4, 0.5) is 11.4 Å². The van der Waals surface area contributed by atoms with E-state index in [9.17, 15) is 0 Å². The van der Waals surface area contributed by atoms with Gasteiger partial charge in [-0.05, 0) is 69.4 Å². The molecule has 0 atom stereocenters. The Bertz CT molecular complexity index is 1850. The molecular weight excluding hydrogens is 454 g/mol. The minimum absolute atomic E-state index is 1.09. The number of nitrogens with one attached hydrogen (secondary N) is 1. The summed E-state index contributed by atoms with van der Waals surface area (Å²) in [5, 5.41) is 8.91. The minimum atomic E-state index is 1.09. The average molecular weight is 478 g/mol. The molecule has 1 N–H and O–H groups in total. The van der Waals surface area contributed by atoms with Crippen LogP contribution in [-0.2, 0) is 0 Å². The fraction of sp³-hybridized carbons (Fsp3) is 0. The van der Waals surface area contributed by atoms with E-state index in [0.29, 0.717) is 0 Å². The molecule has 0 radical (unpaired) electrons. The van der Waals surface area contributed by atoms with E-state index in [2.05, 4.69) is 139 Å². The van der Waals surface area contributed by atoms with Crippen LogP contribution in [0.2, 0.25) is 0 Å². The van der Waals surface area contributed by atoms with E-state index < -0.39 is 0 Å². The molecule has 2 heteroatoms. The Balaban J connectivity index is 1.18. The normalized spacial score (nSPS) is 11.3. The molecule has 0 aliphatic carbocycles. The topological polar surface area (TPSA) is 12.0 Å². The quantitative estimate of drug-likeness (QED) is 0.266. The minimum Gasteiger partial charge on any atom is -0.355 e. The van der Waals surface area contributed by atoms with E-state index in [-0.39, 0.29) is 0 Å². The van der Waals surface area contributed by atoms with Gasteiger partial charge in [0.1, 0.15) is 0 Å². The highest BCUT2D eigenvalue weighted by Crippen LogP contribution is 2.39. The molecule has 0 aliphatic rings. The zero-order valence-corrected chi connectivity index (χ0v) is 20.4. The van der Waals surface area contributed by atoms with Crippen molar-refractivity contribution in [1.82, 2.24) is 0 Å². The third-order valence-corrected chi connectivity index (χ3v) is 7.96. The van der Waals surface area contributed by atoms with E-state index in [1.807, 2.05) is 11.3 Å². The molecule has 7 aromatic rings. The molecular formula is C34H23NS. The van der Waals surface area contributed by atoms with Gasteiger partial charge in [-0.15, -0.1) is 11.3 Å². The number of thiophene rings is 1. The predicted octanol–water partition coefficient (Wildman–Crippen LogP) is 10.3. The average Bonchev–Trinajstić information content (AvgIpc) is 3.32. The van der Waals surface area contributed by atoms with Crippen LogP contribution in [0.3, 0.4) is 0 Å². The van der Waals surface area contributed by atoms with E-state index in [4.69, 9.17) is 0 Å². The Morgan fingerprint density at radius 1 is 0.417 bits per heavy atom. The molecule has 1 nitrogen and oxygen atoms in total. The maximum atomic E-state index is 3.60. The van der Waals surface area contributed by atoms with Gasteiger partial charge in [0.05, 0.1) is 0 Å². The second-order valence-corrected chi connectivity index (χ2v) is 10.2. The third-order valence-electron chi connectivity index (χ3n) is 6.84. The fourth-order valence-corrected chi connectivity index (χ4v) is 6.21. The van der Waals surface area contributed by atoms with E-state index in [1.165, 1.54) is 53.2 Å². The summed E-state index contributed by atoms with van der Waals surface area (Å²) < 4.78 is 2.64. The Labute approximate surface area is 214 Å². The van der Waals surface area contributed by atoms with Gasteiger partial charge in [0.2, 0.25) is 0 Å². The van der Waals surface area contributed by atoms with Gasteiger partial charge in [-0.1, -0.05) is 97.1 Å². The Kier molecular flexibility index (Phi) is 5.04. The van der Waals surface area contributed by atoms with Crippen LogP contribution in [0.15, 0.2) is 133 Å². The second kappa shape index (κ2) is 8.67. The zero-order chi connectivity index (χ0) is 23.9. The largest absolute Gasteiger partial charge is 0.355 e. The van der Waals surface area contributed by atoms with E-state index in [0.717, 1.165) is 11.4 Å². The lowest BCUT2D eigenvalue weighted by atomic mass is 9.99. The smallest absolute Gasteiger partial charge is 0.0398 e. The van der Waals surface area contributed by atoms with Gasteiger partial charge in [-0.25, -0.2) is 0 Å². The van der Waals surface area contributed by atoms with Crippen molar-refractivity contribution in [3.63, 3.8) is 0 Å². The van der Waals surface area contributed by atoms with Crippen LogP contribution >= 0.6 is 11.3 Å². The number of hydrogen-bond acceptors (Lipinski definition) is 2. The van der Waals surface area contributed by atoms with Crippen LogP contribution in [0.25, 0.3) is 53.2 Å². The van der Waals surface area contributed by atoms with Crippen molar-refractivity contribution in [3.05, 3.63) is 133 Å². The number of anilines is 2. The van der Waals surface area contributed by atoms with Gasteiger partial charge >= 0.3 is 0 Å². The molecule has 1 heterocycles. The summed E-state index contributed by atoms with van der Waals surface area (Å²) in [5.74, 6) is 0. The lowest BCUT2D eigenvalue weighted by molar-refractivity contribution is 1.55. The lowest BCUT2D eigenvalue weighted by Crippen LogP contribution is -1.90. The summed E-state index contributed by atoms with van der Waals surface area (Å²) >= 11 is 1.86. The fourth-order valence-electron chi connectivity index (χ4n) is 5.05. The molecule has 0 fully saturated rings. The molecule has 0 aliphatic heterocycles. The Hall–Kier alpha value is -4.40. The Morgan fingerprint density at radius 2 is 1.11 bits per heavy atom. The molecule has 7 rings (SSSR count). The summed E-state index contributed by atoms with van der Waals surface area (Å²) in [5.41, 5.74) is 7.11. The molecule has 0 saturated carbocycles. The van der Waals surface area contributed by atoms with Gasteiger partial charge in [-0.3, -0.25) is 0 Å². The van der Waals surface area contributed by atoms with Gasteiger partial charge in [-0.2, -0.15) is 0 Å². The van der Waals surface area contributed by atoms with Crippen LogP contribution in [-0.4, -0.2) is 0 Å². The molecule has 1 aromatic heterocycles. The molecule has 0 spiro atoms. The summed E-state index contributed by atoms with van der Waals surface area (Å²) in [7, 11) is 0. The van der Waals surface area contributed by atoms with Crippen molar-refractivity contribution in [3.8, 4) is 22.3 Å². The van der Waals surface area contributed by atoms with Crippen molar-refractivity contribution in [2.45, 2.75) is 0 Å². The highest BCUT2D eigenvalue weighted by molar-refractivity contribution is 7.26. The number of benzene rings is 6. The van der Waals surface area contributed by atoms with E-state index in [1.54, 1.807) is 0 Å². The number of hydrogen-bond donors (Lipinski definition) is 1. The van der Waals surface area contributed by atoms with Gasteiger partial charge < -0.3 is 5.32 Å². The molecule has 6 aromatic carbocycles. The molecule has 170 valence electrons. The van der Waals surface area contributed by atoms with E-state index >= 15 is 0 Å². The third kappa shape index (κ3) is 3.73. The molecule has 36 heavy (non-hydrogen) atoms. The lowest BCUT2D eigenvalue weighted by Gasteiger charge is -2.09. The standard InChI is InChI=1S/C34H23NS/c1-2-7-23(8-3-1)26-10-6-11-27(21-26)24-13-16-28(17-14-24)35-29-18-19-31-33(22-29)36-32-20-15-25-9-4-5-12-30(25)34(31)32/h1-22,35H. The monoisotopic (exact) mass is 477 g/mol. The van der Waals surface area contributed by atoms with Crippen molar-refractivity contribution in [2.75, 3.05) is 5.32 Å². The first-order valence-electron chi connectivity index (χ1n) is 12.2. The van der Waals surface area contributed by atoms with Gasteiger partial charge in [0.25, 0.3) is 0 Å². The summed E-state index contributed by atoms with van der Waals surface area (Å²) in [6, 6.07) is 47.8. The SMILES string of the molecule is c1ccc(-c2cccc(-c3ccc(Nc4ccc5c(c4)sc4ccc6ccccc6c45)cc3)c2)cc1. The summed E-state index contributed by atoms with van der Waals surface area (Å²) in [4.78, 5) is 0. The highest BCUT2D eigenvalue weighted by atomic mass is 32.1. The van der Waals surface area contributed by atoms with Gasteiger partial charge in [0.15, 0.2) is 0 Å². The zero-order valence-electron chi connectivity index (χ0n) is 19.6. The maximum Gasteiger partial charge on any atom is 0.0398 e. The van der Waals surface area contributed by atoms with Crippen molar-refractivity contribution in [2.24, 2.45) is 0 Å². The summed E-state index contributed by atoms with van der Waals surface area (Å²) in [6.45, 7) is 0. The summed E-state index contributed by atoms with van der Waals surface area (Å²) in [6.07, 6.45) is 0. The van der Waals surface area contributed by atoms with Crippen molar-refractivity contribution in [1.29, 1.82) is 0 Å². The first kappa shape index (κ1) is 20.9. The molecule has 0 amide bonds. The first-order valence-corrected chi connectivity index (χ1v) is 13.0. The number of rotatable bonds is 4. The molecule has 0 bridgehead atoms. The van der Waals surface area contributed by atoms with Crippen LogP contribution in [0, 0.1) is 0 Å². The Morgan fingerprint density at radius 3 is 1.94 bits per heavy atom. The second-order valence-electron chi connectivity index (χ2n) is 9.12. The van der Waals surface area contributed by atoms with Crippen molar-refractivity contribution >= 4 is 53.7 Å². The molecule has 0 saturated heterocycles. The first-order chi connectivity index (χ1) is 17.8. The number of fused-ring (bicyclic) bond motifs is 5.